The van der Waals surface area contributed by atoms with Gasteiger partial charge in [0.25, 0.3) is 0 Å². The first kappa shape index (κ1) is 15.2. The quantitative estimate of drug-likeness (QED) is 0.807. The summed E-state index contributed by atoms with van der Waals surface area (Å²) in [4.78, 5) is 1.29. The maximum Gasteiger partial charge on any atom is 0.0469 e. The Hall–Kier alpha value is -0.220. The fourth-order valence-electron chi connectivity index (χ4n) is 2.46. The normalized spacial score (nSPS) is 18.4. The molecule has 1 aromatic rings. The van der Waals surface area contributed by atoms with E-state index >= 15 is 0 Å². The van der Waals surface area contributed by atoms with Crippen LogP contribution in [0, 0.1) is 5.92 Å². The molecule has 1 saturated heterocycles. The molecule has 0 aliphatic carbocycles. The van der Waals surface area contributed by atoms with Gasteiger partial charge in [0.05, 0.1) is 0 Å². The first-order valence-corrected chi connectivity index (χ1v) is 8.35. The van der Waals surface area contributed by atoms with Crippen LogP contribution < -0.4 is 5.32 Å². The van der Waals surface area contributed by atoms with Gasteiger partial charge in [-0.2, -0.15) is 0 Å². The SMILES string of the molecule is CCNC(CSc1ccc(Cl)cc1)C1CCOCC1. The molecule has 1 heterocycles. The number of hydrogen-bond acceptors (Lipinski definition) is 3. The molecular formula is C15H22ClNOS. The van der Waals surface area contributed by atoms with Crippen molar-refractivity contribution < 1.29 is 4.74 Å². The molecule has 0 bridgehead atoms. The highest BCUT2D eigenvalue weighted by molar-refractivity contribution is 7.99. The van der Waals surface area contributed by atoms with E-state index in [-0.39, 0.29) is 0 Å². The fraction of sp³-hybridized carbons (Fsp3) is 0.600. The third-order valence-electron chi connectivity index (χ3n) is 3.54. The van der Waals surface area contributed by atoms with Crippen molar-refractivity contribution in [3.63, 3.8) is 0 Å². The average molecular weight is 300 g/mol. The second kappa shape index (κ2) is 8.15. The van der Waals surface area contributed by atoms with E-state index in [4.69, 9.17) is 16.3 Å². The Bertz CT molecular complexity index is 365. The van der Waals surface area contributed by atoms with Gasteiger partial charge in [0, 0.05) is 34.9 Å². The second-order valence-electron chi connectivity index (χ2n) is 4.88. The van der Waals surface area contributed by atoms with Crippen LogP contribution >= 0.6 is 23.4 Å². The Morgan fingerprint density at radius 1 is 1.32 bits per heavy atom. The van der Waals surface area contributed by atoms with Crippen LogP contribution in [0.2, 0.25) is 5.02 Å². The van der Waals surface area contributed by atoms with E-state index in [1.165, 1.54) is 17.7 Å². The molecule has 1 atom stereocenters. The van der Waals surface area contributed by atoms with Crippen LogP contribution in [0.25, 0.3) is 0 Å². The molecule has 0 radical (unpaired) electrons. The first-order chi connectivity index (χ1) is 9.29. The minimum atomic E-state index is 0.578. The van der Waals surface area contributed by atoms with E-state index in [0.717, 1.165) is 36.5 Å². The lowest BCUT2D eigenvalue weighted by atomic mass is 9.93. The first-order valence-electron chi connectivity index (χ1n) is 6.99. The Labute approximate surface area is 125 Å². The summed E-state index contributed by atoms with van der Waals surface area (Å²) in [7, 11) is 0. The highest BCUT2D eigenvalue weighted by Gasteiger charge is 2.23. The van der Waals surface area contributed by atoms with Crippen molar-refractivity contribution in [2.45, 2.75) is 30.7 Å². The number of halogens is 1. The van der Waals surface area contributed by atoms with Gasteiger partial charge < -0.3 is 10.1 Å². The van der Waals surface area contributed by atoms with Crippen molar-refractivity contribution in [2.75, 3.05) is 25.5 Å². The van der Waals surface area contributed by atoms with Gasteiger partial charge in [-0.1, -0.05) is 18.5 Å². The van der Waals surface area contributed by atoms with Gasteiger partial charge >= 0.3 is 0 Å². The van der Waals surface area contributed by atoms with Gasteiger partial charge in [0.1, 0.15) is 0 Å². The third kappa shape index (κ3) is 4.99. The van der Waals surface area contributed by atoms with Crippen molar-refractivity contribution in [2.24, 2.45) is 5.92 Å². The molecule has 2 rings (SSSR count). The molecule has 1 unspecified atom stereocenters. The van der Waals surface area contributed by atoms with Crippen LogP contribution in [0.3, 0.4) is 0 Å². The van der Waals surface area contributed by atoms with Crippen molar-refractivity contribution >= 4 is 23.4 Å². The third-order valence-corrected chi connectivity index (χ3v) is 4.93. The molecule has 1 fully saturated rings. The zero-order valence-corrected chi connectivity index (χ0v) is 13.0. The minimum Gasteiger partial charge on any atom is -0.381 e. The lowest BCUT2D eigenvalue weighted by Crippen LogP contribution is -2.40. The van der Waals surface area contributed by atoms with Gasteiger partial charge in [0.15, 0.2) is 0 Å². The maximum atomic E-state index is 5.91. The van der Waals surface area contributed by atoms with Crippen LogP contribution in [0.5, 0.6) is 0 Å². The zero-order chi connectivity index (χ0) is 13.5. The Balaban J connectivity index is 1.87. The molecule has 0 saturated carbocycles. The Morgan fingerprint density at radius 3 is 2.63 bits per heavy atom. The summed E-state index contributed by atoms with van der Waals surface area (Å²) < 4.78 is 5.45. The van der Waals surface area contributed by atoms with Crippen LogP contribution in [-0.2, 0) is 4.74 Å². The van der Waals surface area contributed by atoms with Gasteiger partial charge in [-0.25, -0.2) is 0 Å². The minimum absolute atomic E-state index is 0.578. The number of nitrogens with one attached hydrogen (secondary N) is 1. The highest BCUT2D eigenvalue weighted by Crippen LogP contribution is 2.26. The van der Waals surface area contributed by atoms with Crippen LogP contribution in [-0.4, -0.2) is 31.6 Å². The monoisotopic (exact) mass is 299 g/mol. The predicted molar refractivity (Wildman–Crippen MR) is 83.2 cm³/mol. The van der Waals surface area contributed by atoms with Crippen molar-refractivity contribution in [1.29, 1.82) is 0 Å². The summed E-state index contributed by atoms with van der Waals surface area (Å²) in [5.41, 5.74) is 0. The van der Waals surface area contributed by atoms with Gasteiger partial charge in [-0.3, -0.25) is 0 Å². The van der Waals surface area contributed by atoms with Gasteiger partial charge in [-0.05, 0) is 49.6 Å². The lowest BCUT2D eigenvalue weighted by molar-refractivity contribution is 0.0568. The summed E-state index contributed by atoms with van der Waals surface area (Å²) in [6.07, 6.45) is 2.36. The number of rotatable bonds is 6. The van der Waals surface area contributed by atoms with E-state index in [1.807, 2.05) is 23.9 Å². The topological polar surface area (TPSA) is 21.3 Å². The number of benzene rings is 1. The molecule has 0 amide bonds. The zero-order valence-electron chi connectivity index (χ0n) is 11.4. The molecule has 1 aliphatic heterocycles. The van der Waals surface area contributed by atoms with E-state index in [9.17, 15) is 0 Å². The number of hydrogen-bond donors (Lipinski definition) is 1. The largest absolute Gasteiger partial charge is 0.381 e. The summed E-state index contributed by atoms with van der Waals surface area (Å²) in [6, 6.07) is 8.69. The van der Waals surface area contributed by atoms with Crippen LogP contribution in [0.4, 0.5) is 0 Å². The molecule has 19 heavy (non-hydrogen) atoms. The average Bonchev–Trinajstić information content (AvgIpc) is 2.46. The number of thioether (sulfide) groups is 1. The van der Waals surface area contributed by atoms with E-state index in [2.05, 4.69) is 24.4 Å². The second-order valence-corrected chi connectivity index (χ2v) is 6.41. The van der Waals surface area contributed by atoms with Crippen molar-refractivity contribution in [3.05, 3.63) is 29.3 Å². The summed E-state index contributed by atoms with van der Waals surface area (Å²) in [5, 5.41) is 4.43. The predicted octanol–water partition coefficient (Wildman–Crippen LogP) is 3.84. The maximum absolute atomic E-state index is 5.91. The molecular weight excluding hydrogens is 278 g/mol. The smallest absolute Gasteiger partial charge is 0.0469 e. The van der Waals surface area contributed by atoms with Crippen LogP contribution in [0.15, 0.2) is 29.2 Å². The molecule has 2 nitrogen and oxygen atoms in total. The van der Waals surface area contributed by atoms with E-state index in [1.54, 1.807) is 0 Å². The Kier molecular flexibility index (Phi) is 6.51. The Morgan fingerprint density at radius 2 is 2.00 bits per heavy atom. The number of ether oxygens (including phenoxy) is 1. The summed E-state index contributed by atoms with van der Waals surface area (Å²) >= 11 is 7.82. The van der Waals surface area contributed by atoms with Gasteiger partial charge in [0.2, 0.25) is 0 Å². The van der Waals surface area contributed by atoms with Crippen LogP contribution in [0.1, 0.15) is 19.8 Å². The summed E-state index contributed by atoms with van der Waals surface area (Å²) in [6.45, 7) is 5.04. The molecule has 0 spiro atoms. The molecule has 106 valence electrons. The highest BCUT2D eigenvalue weighted by atomic mass is 35.5. The summed E-state index contributed by atoms with van der Waals surface area (Å²) in [5.74, 6) is 1.86. The van der Waals surface area contributed by atoms with Crippen molar-refractivity contribution in [1.82, 2.24) is 5.32 Å². The lowest BCUT2D eigenvalue weighted by Gasteiger charge is -2.30. The molecule has 1 N–H and O–H groups in total. The molecule has 4 heteroatoms. The molecule has 0 aromatic heterocycles. The molecule has 1 aliphatic rings. The van der Waals surface area contributed by atoms with Crippen molar-refractivity contribution in [3.8, 4) is 0 Å². The van der Waals surface area contributed by atoms with Gasteiger partial charge in [-0.15, -0.1) is 11.8 Å². The molecule has 1 aromatic carbocycles. The van der Waals surface area contributed by atoms with E-state index < -0.39 is 0 Å². The van der Waals surface area contributed by atoms with E-state index in [0.29, 0.717) is 6.04 Å². The standard InChI is InChI=1S/C15H22ClNOS/c1-2-17-15(12-7-9-18-10-8-12)11-19-14-5-3-13(16)4-6-14/h3-6,12,15,17H,2,7-11H2,1H3. The fourth-order valence-corrected chi connectivity index (χ4v) is 3.68.